The Kier molecular flexibility index (Phi) is 7.79. The van der Waals surface area contributed by atoms with Crippen LogP contribution in [0.1, 0.15) is 18.9 Å². The van der Waals surface area contributed by atoms with Crippen LogP contribution in [0.25, 0.3) is 0 Å². The molecule has 1 aromatic carbocycles. The van der Waals surface area contributed by atoms with Gasteiger partial charge in [0.15, 0.2) is 5.96 Å². The quantitative estimate of drug-likeness (QED) is 0.548. The van der Waals surface area contributed by atoms with Crippen molar-refractivity contribution in [3.63, 3.8) is 0 Å². The highest BCUT2D eigenvalue weighted by Gasteiger charge is 2.40. The van der Waals surface area contributed by atoms with Crippen LogP contribution in [0.15, 0.2) is 29.3 Å². The standard InChI is InChI=1S/C20H31FN4OS/c1-2-22-19(23-9-7-17-3-5-18(21)6-4-17)24-15-20(8-14-27-16-20)25-10-12-26-13-11-25/h3-6H,2,7-16H2,1H3,(H2,22,23,24). The lowest BCUT2D eigenvalue weighted by Crippen LogP contribution is -2.56. The van der Waals surface area contributed by atoms with Gasteiger partial charge in [-0.05, 0) is 43.2 Å². The van der Waals surface area contributed by atoms with Crippen molar-refractivity contribution in [2.24, 2.45) is 4.99 Å². The Morgan fingerprint density at radius 3 is 2.70 bits per heavy atom. The van der Waals surface area contributed by atoms with Gasteiger partial charge >= 0.3 is 0 Å². The van der Waals surface area contributed by atoms with Crippen molar-refractivity contribution in [2.45, 2.75) is 25.3 Å². The number of ether oxygens (including phenoxy) is 1. The minimum absolute atomic E-state index is 0.160. The summed E-state index contributed by atoms with van der Waals surface area (Å²) in [6.07, 6.45) is 2.03. The molecule has 2 N–H and O–H groups in total. The van der Waals surface area contributed by atoms with Gasteiger partial charge in [-0.15, -0.1) is 0 Å². The third kappa shape index (κ3) is 5.83. The number of nitrogens with zero attached hydrogens (tertiary/aromatic N) is 2. The second-order valence-electron chi connectivity index (χ2n) is 7.12. The molecular weight excluding hydrogens is 363 g/mol. The van der Waals surface area contributed by atoms with E-state index in [1.165, 1.54) is 24.3 Å². The molecule has 0 amide bonds. The number of hydrogen-bond acceptors (Lipinski definition) is 4. The molecule has 2 fully saturated rings. The molecule has 0 spiro atoms. The van der Waals surface area contributed by atoms with E-state index in [1.807, 2.05) is 23.9 Å². The van der Waals surface area contributed by atoms with Crippen molar-refractivity contribution in [3.05, 3.63) is 35.6 Å². The van der Waals surface area contributed by atoms with Crippen LogP contribution >= 0.6 is 11.8 Å². The summed E-state index contributed by atoms with van der Waals surface area (Å²) < 4.78 is 18.6. The van der Waals surface area contributed by atoms with Crippen LogP contribution in [0, 0.1) is 5.82 Å². The summed E-state index contributed by atoms with van der Waals surface area (Å²) >= 11 is 2.03. The highest BCUT2D eigenvalue weighted by Crippen LogP contribution is 2.34. The third-order valence-corrected chi connectivity index (χ3v) is 6.49. The summed E-state index contributed by atoms with van der Waals surface area (Å²) in [4.78, 5) is 7.51. The number of guanidine groups is 1. The summed E-state index contributed by atoms with van der Waals surface area (Å²) in [5, 5.41) is 6.77. The van der Waals surface area contributed by atoms with E-state index in [0.717, 1.165) is 69.6 Å². The van der Waals surface area contributed by atoms with Crippen molar-refractivity contribution in [1.82, 2.24) is 15.5 Å². The van der Waals surface area contributed by atoms with Gasteiger partial charge < -0.3 is 15.4 Å². The number of morpholine rings is 1. The van der Waals surface area contributed by atoms with E-state index in [-0.39, 0.29) is 11.4 Å². The Balaban J connectivity index is 1.57. The molecule has 0 radical (unpaired) electrons. The molecule has 2 aliphatic heterocycles. The number of aliphatic imine (C=N–C) groups is 1. The number of hydrogen-bond donors (Lipinski definition) is 2. The Morgan fingerprint density at radius 1 is 1.26 bits per heavy atom. The van der Waals surface area contributed by atoms with E-state index >= 15 is 0 Å². The first-order valence-corrected chi connectivity index (χ1v) is 11.0. The largest absolute Gasteiger partial charge is 0.379 e. The minimum atomic E-state index is -0.190. The molecule has 3 rings (SSSR count). The van der Waals surface area contributed by atoms with Crippen LogP contribution in [0.2, 0.25) is 0 Å². The Hall–Kier alpha value is -1.31. The molecule has 27 heavy (non-hydrogen) atoms. The first kappa shape index (κ1) is 20.4. The molecule has 1 unspecified atom stereocenters. The van der Waals surface area contributed by atoms with Gasteiger partial charge in [-0.2, -0.15) is 11.8 Å². The van der Waals surface area contributed by atoms with Crippen LogP contribution < -0.4 is 10.6 Å². The Morgan fingerprint density at radius 2 is 2.04 bits per heavy atom. The third-order valence-electron chi connectivity index (χ3n) is 5.26. The fraction of sp³-hybridized carbons (Fsp3) is 0.650. The maximum Gasteiger partial charge on any atom is 0.191 e. The lowest BCUT2D eigenvalue weighted by molar-refractivity contribution is -0.0104. The first-order chi connectivity index (χ1) is 13.2. The maximum absolute atomic E-state index is 13.0. The van der Waals surface area contributed by atoms with Crippen molar-refractivity contribution in [2.75, 3.05) is 57.4 Å². The topological polar surface area (TPSA) is 48.9 Å². The molecule has 0 bridgehead atoms. The second-order valence-corrected chi connectivity index (χ2v) is 8.23. The van der Waals surface area contributed by atoms with E-state index < -0.39 is 0 Å². The number of rotatable bonds is 7. The van der Waals surface area contributed by atoms with Gasteiger partial charge in [0.1, 0.15) is 5.82 Å². The van der Waals surface area contributed by atoms with E-state index in [4.69, 9.17) is 9.73 Å². The Labute approximate surface area is 166 Å². The molecule has 0 saturated carbocycles. The highest BCUT2D eigenvalue weighted by atomic mass is 32.2. The fourth-order valence-electron chi connectivity index (χ4n) is 3.65. The molecule has 0 aliphatic carbocycles. The zero-order chi connectivity index (χ0) is 19.0. The van der Waals surface area contributed by atoms with Gasteiger partial charge in [-0.1, -0.05) is 12.1 Å². The molecule has 0 aromatic heterocycles. The van der Waals surface area contributed by atoms with E-state index in [1.54, 1.807) is 0 Å². The van der Waals surface area contributed by atoms with Crippen molar-refractivity contribution in [1.29, 1.82) is 0 Å². The molecule has 1 aromatic rings. The van der Waals surface area contributed by atoms with Gasteiger partial charge in [0.2, 0.25) is 0 Å². The molecule has 2 heterocycles. The molecular formula is C20H31FN4OS. The van der Waals surface area contributed by atoms with Crippen molar-refractivity contribution >= 4 is 17.7 Å². The molecule has 2 saturated heterocycles. The summed E-state index contributed by atoms with van der Waals surface area (Å²) in [6, 6.07) is 6.70. The number of halogens is 1. The van der Waals surface area contributed by atoms with E-state index in [9.17, 15) is 4.39 Å². The number of thioether (sulfide) groups is 1. The van der Waals surface area contributed by atoms with Gasteiger partial charge in [-0.25, -0.2) is 4.39 Å². The monoisotopic (exact) mass is 394 g/mol. The van der Waals surface area contributed by atoms with Gasteiger partial charge in [0.05, 0.1) is 25.3 Å². The summed E-state index contributed by atoms with van der Waals surface area (Å²) in [5.41, 5.74) is 1.28. The number of nitrogens with one attached hydrogen (secondary N) is 2. The average Bonchev–Trinajstić information content (AvgIpc) is 3.18. The van der Waals surface area contributed by atoms with Crippen LogP contribution in [-0.2, 0) is 11.2 Å². The van der Waals surface area contributed by atoms with E-state index in [0.29, 0.717) is 0 Å². The molecule has 2 aliphatic rings. The Bertz CT molecular complexity index is 599. The predicted octanol–water partition coefficient (Wildman–Crippen LogP) is 2.13. The number of benzene rings is 1. The zero-order valence-electron chi connectivity index (χ0n) is 16.2. The van der Waals surface area contributed by atoms with E-state index in [2.05, 4.69) is 22.5 Å². The summed E-state index contributed by atoms with van der Waals surface area (Å²) in [6.45, 7) is 8.16. The van der Waals surface area contributed by atoms with Crippen molar-refractivity contribution < 1.29 is 9.13 Å². The van der Waals surface area contributed by atoms with Crippen LogP contribution in [0.5, 0.6) is 0 Å². The fourth-order valence-corrected chi connectivity index (χ4v) is 5.12. The van der Waals surface area contributed by atoms with Crippen LogP contribution in [-0.4, -0.2) is 73.8 Å². The molecule has 5 nitrogen and oxygen atoms in total. The summed E-state index contributed by atoms with van der Waals surface area (Å²) in [7, 11) is 0. The van der Waals surface area contributed by atoms with Crippen LogP contribution in [0.4, 0.5) is 4.39 Å². The maximum atomic E-state index is 13.0. The summed E-state index contributed by atoms with van der Waals surface area (Å²) in [5.74, 6) is 3.03. The van der Waals surface area contributed by atoms with Crippen LogP contribution in [0.3, 0.4) is 0 Å². The predicted molar refractivity (Wildman–Crippen MR) is 111 cm³/mol. The minimum Gasteiger partial charge on any atom is -0.379 e. The molecule has 7 heteroatoms. The smallest absolute Gasteiger partial charge is 0.191 e. The SMILES string of the molecule is CCNC(=NCC1(N2CCOCC2)CCSC1)NCCc1ccc(F)cc1. The first-order valence-electron chi connectivity index (χ1n) is 9.89. The molecule has 150 valence electrons. The normalized spacial score (nSPS) is 24.1. The lowest BCUT2D eigenvalue weighted by Gasteiger charge is -2.42. The zero-order valence-corrected chi connectivity index (χ0v) is 17.0. The molecule has 1 atom stereocenters. The van der Waals surface area contributed by atoms with Crippen molar-refractivity contribution in [3.8, 4) is 0 Å². The lowest BCUT2D eigenvalue weighted by atomic mass is 9.96. The second kappa shape index (κ2) is 10.3. The van der Waals surface area contributed by atoms with Gasteiger partial charge in [0, 0.05) is 31.9 Å². The van der Waals surface area contributed by atoms with Gasteiger partial charge in [-0.3, -0.25) is 9.89 Å². The average molecular weight is 395 g/mol. The van der Waals surface area contributed by atoms with Gasteiger partial charge in [0.25, 0.3) is 0 Å². The highest BCUT2D eigenvalue weighted by molar-refractivity contribution is 7.99.